The van der Waals surface area contributed by atoms with Crippen LogP contribution in [-0.2, 0) is 10.0 Å². The van der Waals surface area contributed by atoms with Crippen LogP contribution in [0.15, 0.2) is 45.9 Å². The van der Waals surface area contributed by atoms with Gasteiger partial charge >= 0.3 is 0 Å². The normalized spacial score (nSPS) is 11.3. The minimum absolute atomic E-state index is 0.0272. The summed E-state index contributed by atoms with van der Waals surface area (Å²) < 4.78 is 27.3. The third-order valence-electron chi connectivity index (χ3n) is 2.18. The molecule has 0 radical (unpaired) electrons. The fraction of sp³-hybridized carbons (Fsp3) is 0. The molecule has 0 aliphatic carbocycles. The second kappa shape index (κ2) is 5.66. The Kier molecular flexibility index (Phi) is 4.35. The average molecular weight is 382 g/mol. The van der Waals surface area contributed by atoms with Gasteiger partial charge in [0.05, 0.1) is 10.6 Å². The first-order chi connectivity index (χ1) is 8.88. The van der Waals surface area contributed by atoms with Gasteiger partial charge in [0.25, 0.3) is 10.0 Å². The van der Waals surface area contributed by atoms with E-state index in [1.54, 1.807) is 12.1 Å². The standard InChI is InChI=1S/C11H7BrCl2N2O2S/c12-9-2-1-7(13)5-10(9)16-19(17,18)8-3-4-15-11(14)6-8/h1-6,16H. The largest absolute Gasteiger partial charge is 0.278 e. The maximum absolute atomic E-state index is 12.2. The van der Waals surface area contributed by atoms with Gasteiger partial charge in [0.1, 0.15) is 5.15 Å². The maximum atomic E-state index is 12.2. The highest BCUT2D eigenvalue weighted by Gasteiger charge is 2.16. The van der Waals surface area contributed by atoms with Gasteiger partial charge in [0.15, 0.2) is 0 Å². The number of pyridine rings is 1. The van der Waals surface area contributed by atoms with Crippen LogP contribution in [0.2, 0.25) is 10.2 Å². The number of nitrogens with one attached hydrogen (secondary N) is 1. The van der Waals surface area contributed by atoms with Crippen LogP contribution in [0.5, 0.6) is 0 Å². The van der Waals surface area contributed by atoms with E-state index in [1.807, 2.05) is 0 Å². The topological polar surface area (TPSA) is 59.1 Å². The Hall–Kier alpha value is -0.820. The van der Waals surface area contributed by atoms with Crippen molar-refractivity contribution in [2.24, 2.45) is 0 Å². The predicted molar refractivity (Wildman–Crippen MR) is 79.2 cm³/mol. The number of halogens is 3. The Morgan fingerprint density at radius 2 is 1.89 bits per heavy atom. The summed E-state index contributed by atoms with van der Waals surface area (Å²) in [5.41, 5.74) is 0.348. The summed E-state index contributed by atoms with van der Waals surface area (Å²) >= 11 is 14.8. The molecule has 0 aliphatic heterocycles. The highest BCUT2D eigenvalue weighted by Crippen LogP contribution is 2.28. The number of aromatic nitrogens is 1. The zero-order chi connectivity index (χ0) is 14.0. The molecule has 1 aromatic carbocycles. The quantitative estimate of drug-likeness (QED) is 0.818. The van der Waals surface area contributed by atoms with Crippen LogP contribution in [0.3, 0.4) is 0 Å². The fourth-order valence-corrected chi connectivity index (χ4v) is 3.30. The molecule has 100 valence electrons. The summed E-state index contributed by atoms with van der Waals surface area (Å²) in [4.78, 5) is 3.76. The minimum Gasteiger partial charge on any atom is -0.278 e. The van der Waals surface area contributed by atoms with Gasteiger partial charge in [-0.25, -0.2) is 13.4 Å². The Morgan fingerprint density at radius 3 is 2.58 bits per heavy atom. The van der Waals surface area contributed by atoms with Gasteiger partial charge in [-0.3, -0.25) is 4.72 Å². The predicted octanol–water partition coefficient (Wildman–Crippen LogP) is 3.95. The lowest BCUT2D eigenvalue weighted by molar-refractivity contribution is 0.601. The number of nitrogens with zero attached hydrogens (tertiary/aromatic N) is 1. The summed E-state index contributed by atoms with van der Waals surface area (Å²) in [7, 11) is -3.74. The summed E-state index contributed by atoms with van der Waals surface area (Å²) in [5.74, 6) is 0. The molecular weight excluding hydrogens is 375 g/mol. The highest BCUT2D eigenvalue weighted by molar-refractivity contribution is 9.10. The minimum atomic E-state index is -3.74. The van der Waals surface area contributed by atoms with Crippen LogP contribution in [0.4, 0.5) is 5.69 Å². The van der Waals surface area contributed by atoms with E-state index in [1.165, 1.54) is 24.4 Å². The second-order valence-electron chi connectivity index (χ2n) is 3.54. The molecule has 19 heavy (non-hydrogen) atoms. The van der Waals surface area contributed by atoms with Crippen molar-refractivity contribution in [1.82, 2.24) is 4.98 Å². The number of sulfonamides is 1. The molecule has 0 saturated carbocycles. The summed E-state index contributed by atoms with van der Waals surface area (Å²) in [6, 6.07) is 7.42. The summed E-state index contributed by atoms with van der Waals surface area (Å²) in [5, 5.41) is 0.529. The SMILES string of the molecule is O=S(=O)(Nc1cc(Cl)ccc1Br)c1ccnc(Cl)c1. The molecule has 0 saturated heterocycles. The molecule has 1 aromatic heterocycles. The number of rotatable bonds is 3. The molecule has 1 N–H and O–H groups in total. The van der Waals surface area contributed by atoms with Crippen LogP contribution in [0.25, 0.3) is 0 Å². The van der Waals surface area contributed by atoms with E-state index >= 15 is 0 Å². The van der Waals surface area contributed by atoms with Gasteiger partial charge < -0.3 is 0 Å². The smallest absolute Gasteiger partial charge is 0.262 e. The van der Waals surface area contributed by atoms with Crippen molar-refractivity contribution in [2.45, 2.75) is 4.90 Å². The van der Waals surface area contributed by atoms with Gasteiger partial charge in [-0.2, -0.15) is 0 Å². The lowest BCUT2D eigenvalue weighted by atomic mass is 10.3. The van der Waals surface area contributed by atoms with Crippen LogP contribution < -0.4 is 4.72 Å². The molecule has 0 unspecified atom stereocenters. The van der Waals surface area contributed by atoms with Crippen molar-refractivity contribution in [3.63, 3.8) is 0 Å². The van der Waals surface area contributed by atoms with Crippen molar-refractivity contribution >= 4 is 54.8 Å². The monoisotopic (exact) mass is 380 g/mol. The van der Waals surface area contributed by atoms with E-state index in [0.29, 0.717) is 15.2 Å². The Labute approximate surface area is 128 Å². The molecule has 0 fully saturated rings. The first kappa shape index (κ1) is 14.6. The number of hydrogen-bond acceptors (Lipinski definition) is 3. The average Bonchev–Trinajstić information content (AvgIpc) is 2.33. The first-order valence-corrected chi connectivity index (χ1v) is 8.01. The Bertz CT molecular complexity index is 722. The number of anilines is 1. The Balaban J connectivity index is 2.39. The first-order valence-electron chi connectivity index (χ1n) is 4.98. The molecule has 2 rings (SSSR count). The third-order valence-corrected chi connectivity index (χ3v) is 4.68. The molecular formula is C11H7BrCl2N2O2S. The van der Waals surface area contributed by atoms with Crippen LogP contribution in [0, 0.1) is 0 Å². The van der Waals surface area contributed by atoms with Crippen molar-refractivity contribution in [1.29, 1.82) is 0 Å². The van der Waals surface area contributed by atoms with Crippen molar-refractivity contribution in [3.05, 3.63) is 51.2 Å². The molecule has 0 aliphatic rings. The molecule has 4 nitrogen and oxygen atoms in total. The van der Waals surface area contributed by atoms with Gasteiger partial charge in [-0.1, -0.05) is 23.2 Å². The van der Waals surface area contributed by atoms with Crippen LogP contribution >= 0.6 is 39.1 Å². The maximum Gasteiger partial charge on any atom is 0.262 e. The zero-order valence-electron chi connectivity index (χ0n) is 9.27. The van der Waals surface area contributed by atoms with E-state index in [0.717, 1.165) is 0 Å². The molecule has 0 spiro atoms. The van der Waals surface area contributed by atoms with Crippen LogP contribution in [-0.4, -0.2) is 13.4 Å². The molecule has 0 amide bonds. The number of benzene rings is 1. The molecule has 0 bridgehead atoms. The van der Waals surface area contributed by atoms with Crippen molar-refractivity contribution in [2.75, 3.05) is 4.72 Å². The van der Waals surface area contributed by atoms with Gasteiger partial charge in [0, 0.05) is 15.7 Å². The van der Waals surface area contributed by atoms with Crippen molar-refractivity contribution < 1.29 is 8.42 Å². The van der Waals surface area contributed by atoms with E-state index in [-0.39, 0.29) is 10.0 Å². The molecule has 8 heteroatoms. The molecule has 1 heterocycles. The van der Waals surface area contributed by atoms with E-state index in [2.05, 4.69) is 25.6 Å². The molecule has 2 aromatic rings. The van der Waals surface area contributed by atoms with Gasteiger partial charge in [-0.05, 0) is 46.3 Å². The second-order valence-corrected chi connectivity index (χ2v) is 6.90. The highest BCUT2D eigenvalue weighted by atomic mass is 79.9. The van der Waals surface area contributed by atoms with Gasteiger partial charge in [0.2, 0.25) is 0 Å². The van der Waals surface area contributed by atoms with E-state index in [9.17, 15) is 8.42 Å². The van der Waals surface area contributed by atoms with Crippen molar-refractivity contribution in [3.8, 4) is 0 Å². The molecule has 0 atom stereocenters. The fourth-order valence-electron chi connectivity index (χ4n) is 1.33. The van der Waals surface area contributed by atoms with Gasteiger partial charge in [-0.15, -0.1) is 0 Å². The summed E-state index contributed by atoms with van der Waals surface area (Å²) in [6.07, 6.45) is 1.32. The summed E-state index contributed by atoms with van der Waals surface area (Å²) in [6.45, 7) is 0. The third kappa shape index (κ3) is 3.60. The lowest BCUT2D eigenvalue weighted by Gasteiger charge is -2.10. The van der Waals surface area contributed by atoms with Crippen LogP contribution in [0.1, 0.15) is 0 Å². The zero-order valence-corrected chi connectivity index (χ0v) is 13.2. The van der Waals surface area contributed by atoms with E-state index < -0.39 is 10.0 Å². The number of hydrogen-bond donors (Lipinski definition) is 1. The lowest BCUT2D eigenvalue weighted by Crippen LogP contribution is -2.13. The van der Waals surface area contributed by atoms with E-state index in [4.69, 9.17) is 23.2 Å². The Morgan fingerprint density at radius 1 is 1.16 bits per heavy atom.